The highest BCUT2D eigenvalue weighted by Crippen LogP contribution is 2.47. The molecule has 5 aromatic carbocycles. The standard InChI is InChI=1S/C52H53N3OSi/c1-33(2)27-38-30-47-39-24-21-34(3)28-43(39)40-25-22-37-23-26-42-41-17-11-14-20-48(41)56-51(42)50(37)52-54(31-36-15-9-8-10-16-36)44-18-12-13-19-45(44)55(52)35(4)29-46(40)53(47)32-49(38)57(5,6)7/h8-21,23-24,26,28,30,32-33,40,46H,4,22,25,27,29,31H2,1-3,5-7H3/q+2. The molecule has 0 radical (unpaired) electrons. The molecule has 4 nitrogen and oxygen atoms in total. The van der Waals surface area contributed by atoms with Crippen LogP contribution in [0.2, 0.25) is 19.6 Å². The van der Waals surface area contributed by atoms with Crippen molar-refractivity contribution in [2.24, 2.45) is 5.92 Å². The van der Waals surface area contributed by atoms with Crippen molar-refractivity contribution in [3.05, 3.63) is 156 Å². The van der Waals surface area contributed by atoms with Gasteiger partial charge in [0.25, 0.3) is 5.82 Å². The third kappa shape index (κ3) is 5.93. The van der Waals surface area contributed by atoms with Crippen LogP contribution >= 0.6 is 0 Å². The van der Waals surface area contributed by atoms with E-state index in [1.165, 1.54) is 55.7 Å². The monoisotopic (exact) mass is 763 g/mol. The maximum Gasteiger partial charge on any atom is 0.299 e. The Morgan fingerprint density at radius 1 is 0.860 bits per heavy atom. The number of allylic oxidation sites excluding steroid dienone is 1. The van der Waals surface area contributed by atoms with Crippen LogP contribution in [0.4, 0.5) is 0 Å². The Kier molecular flexibility index (Phi) is 8.53. The molecule has 5 heteroatoms. The van der Waals surface area contributed by atoms with Gasteiger partial charge in [-0.1, -0.05) is 131 Å². The summed E-state index contributed by atoms with van der Waals surface area (Å²) in [4.78, 5) is 0. The highest BCUT2D eigenvalue weighted by molar-refractivity contribution is 6.89. The van der Waals surface area contributed by atoms with Crippen LogP contribution in [-0.2, 0) is 19.4 Å². The van der Waals surface area contributed by atoms with Gasteiger partial charge in [-0.25, -0.2) is 4.57 Å². The van der Waals surface area contributed by atoms with Crippen molar-refractivity contribution >= 4 is 51.9 Å². The van der Waals surface area contributed by atoms with Gasteiger partial charge >= 0.3 is 0 Å². The van der Waals surface area contributed by atoms with Crippen LogP contribution < -0.4 is 14.3 Å². The zero-order chi connectivity index (χ0) is 39.2. The van der Waals surface area contributed by atoms with Crippen LogP contribution in [0.25, 0.3) is 61.3 Å². The quantitative estimate of drug-likeness (QED) is 0.127. The summed E-state index contributed by atoms with van der Waals surface area (Å²) in [5.41, 5.74) is 16.2. The third-order valence-electron chi connectivity index (χ3n) is 12.8. The summed E-state index contributed by atoms with van der Waals surface area (Å²) in [6.07, 6.45) is 6.48. The molecule has 2 aliphatic rings. The van der Waals surface area contributed by atoms with Gasteiger partial charge in [-0.3, -0.25) is 0 Å². The molecule has 0 aliphatic carbocycles. The first kappa shape index (κ1) is 35.9. The van der Waals surface area contributed by atoms with Gasteiger partial charge in [-0.2, -0.15) is 9.13 Å². The minimum Gasteiger partial charge on any atom is -0.455 e. The van der Waals surface area contributed by atoms with Crippen LogP contribution in [-0.4, -0.2) is 12.6 Å². The van der Waals surface area contributed by atoms with Crippen LogP contribution in [0.15, 0.2) is 132 Å². The molecular weight excluding hydrogens is 711 g/mol. The highest BCUT2D eigenvalue weighted by atomic mass is 28.3. The fourth-order valence-corrected chi connectivity index (χ4v) is 11.9. The largest absolute Gasteiger partial charge is 0.455 e. The van der Waals surface area contributed by atoms with E-state index >= 15 is 0 Å². The first-order valence-corrected chi connectivity index (χ1v) is 24.4. The number of fused-ring (bicyclic) bond motifs is 15. The van der Waals surface area contributed by atoms with Crippen LogP contribution in [0.3, 0.4) is 0 Å². The Labute approximate surface area is 337 Å². The van der Waals surface area contributed by atoms with Crippen molar-refractivity contribution in [2.45, 2.75) is 84.6 Å². The molecule has 8 aromatic rings. The van der Waals surface area contributed by atoms with E-state index in [-0.39, 0.29) is 6.04 Å². The molecule has 0 saturated carbocycles. The van der Waals surface area contributed by atoms with Crippen molar-refractivity contribution < 1.29 is 13.6 Å². The molecule has 0 fully saturated rings. The number of rotatable bonds is 5. The molecule has 2 atom stereocenters. The summed E-state index contributed by atoms with van der Waals surface area (Å²) in [5.74, 6) is 2.04. The molecule has 10 rings (SSSR count). The first-order valence-electron chi connectivity index (χ1n) is 20.9. The van der Waals surface area contributed by atoms with E-state index in [4.69, 9.17) is 11.0 Å². The van der Waals surface area contributed by atoms with E-state index in [0.29, 0.717) is 11.8 Å². The van der Waals surface area contributed by atoms with Gasteiger partial charge < -0.3 is 4.42 Å². The number of furan rings is 1. The highest BCUT2D eigenvalue weighted by Gasteiger charge is 2.45. The average molecular weight is 764 g/mol. The average Bonchev–Trinajstić information content (AvgIpc) is 3.72. The molecule has 0 amide bonds. The van der Waals surface area contributed by atoms with Crippen molar-refractivity contribution in [1.29, 1.82) is 0 Å². The molecule has 0 N–H and O–H groups in total. The lowest BCUT2D eigenvalue weighted by Crippen LogP contribution is -2.54. The Balaban J connectivity index is 1.27. The van der Waals surface area contributed by atoms with E-state index in [2.05, 4.69) is 176 Å². The van der Waals surface area contributed by atoms with Gasteiger partial charge in [0.1, 0.15) is 23.4 Å². The van der Waals surface area contributed by atoms with Crippen molar-refractivity contribution in [1.82, 2.24) is 4.57 Å². The Bertz CT molecular complexity index is 2890. The summed E-state index contributed by atoms with van der Waals surface area (Å²) >= 11 is 0. The second-order valence-corrected chi connectivity index (χ2v) is 23.3. The van der Waals surface area contributed by atoms with E-state index in [1.54, 1.807) is 5.19 Å². The second-order valence-electron chi connectivity index (χ2n) is 18.2. The second kappa shape index (κ2) is 13.6. The molecule has 3 aromatic heterocycles. The predicted octanol–water partition coefficient (Wildman–Crippen LogP) is 11.7. The number of pyridine rings is 1. The number of hydrogen-bond acceptors (Lipinski definition) is 1. The van der Waals surface area contributed by atoms with Crippen molar-refractivity contribution in [2.75, 3.05) is 0 Å². The van der Waals surface area contributed by atoms with Gasteiger partial charge in [0.15, 0.2) is 28.9 Å². The van der Waals surface area contributed by atoms with Gasteiger partial charge in [-0.15, -0.1) is 0 Å². The van der Waals surface area contributed by atoms with Gasteiger partial charge in [0.2, 0.25) is 5.69 Å². The lowest BCUT2D eigenvalue weighted by Gasteiger charge is -2.33. The van der Waals surface area contributed by atoms with Gasteiger partial charge in [-0.05, 0) is 78.6 Å². The Morgan fingerprint density at radius 2 is 1.63 bits per heavy atom. The zero-order valence-electron chi connectivity index (χ0n) is 34.3. The van der Waals surface area contributed by atoms with E-state index in [9.17, 15) is 0 Å². The van der Waals surface area contributed by atoms with Crippen LogP contribution in [0.1, 0.15) is 66.5 Å². The summed E-state index contributed by atoms with van der Waals surface area (Å²) in [7, 11) is -1.70. The van der Waals surface area contributed by atoms with Gasteiger partial charge in [0.05, 0.1) is 14.5 Å². The summed E-state index contributed by atoms with van der Waals surface area (Å²) in [5, 5.41) is 3.90. The fraction of sp³-hybridized carbons (Fsp3) is 0.269. The maximum atomic E-state index is 6.96. The molecule has 57 heavy (non-hydrogen) atoms. The summed E-state index contributed by atoms with van der Waals surface area (Å²) in [6, 6.07) is 43.0. The fourth-order valence-electron chi connectivity index (χ4n) is 10.2. The molecule has 2 unspecified atom stereocenters. The van der Waals surface area contributed by atoms with E-state index in [1.807, 2.05) is 0 Å². The molecule has 2 aliphatic heterocycles. The lowest BCUT2D eigenvalue weighted by molar-refractivity contribution is -0.716. The molecule has 0 spiro atoms. The van der Waals surface area contributed by atoms with Crippen molar-refractivity contribution in [3.8, 4) is 22.6 Å². The Hall–Kier alpha value is -5.52. The van der Waals surface area contributed by atoms with E-state index in [0.717, 1.165) is 65.7 Å². The lowest BCUT2D eigenvalue weighted by atomic mass is 9.76. The summed E-state index contributed by atoms with van der Waals surface area (Å²) in [6.45, 7) is 20.3. The number of aromatic nitrogens is 3. The summed E-state index contributed by atoms with van der Waals surface area (Å²) < 4.78 is 14.7. The molecule has 284 valence electrons. The number of benzene rings is 5. The number of nitrogens with zero attached hydrogens (tertiary/aromatic N) is 3. The zero-order valence-corrected chi connectivity index (χ0v) is 35.3. The number of imidazole rings is 1. The minimum atomic E-state index is -1.70. The SMILES string of the molecule is C=C1CC2C(CCc3ccc4c(oc5ccccc54)c3-c3n1c1ccccc1[n+]3Cc1ccccc1)c1cc(C)ccc1-c1cc(CC(C)C)c([Si](C)(C)C)c[n+]12. The number of hydrogen-bond donors (Lipinski definition) is 0. The normalized spacial score (nSPS) is 16.7. The Morgan fingerprint density at radius 3 is 2.44 bits per heavy atom. The van der Waals surface area contributed by atoms with Crippen LogP contribution in [0, 0.1) is 12.8 Å². The minimum absolute atomic E-state index is 0.207. The molecular formula is C52H53N3OSi+2. The van der Waals surface area contributed by atoms with E-state index < -0.39 is 8.07 Å². The smallest absolute Gasteiger partial charge is 0.299 e. The molecule has 0 saturated heterocycles. The first-order chi connectivity index (χ1) is 27.5. The van der Waals surface area contributed by atoms with Gasteiger partial charge in [0, 0.05) is 33.5 Å². The third-order valence-corrected chi connectivity index (χ3v) is 14.8. The van der Waals surface area contributed by atoms with Crippen LogP contribution in [0.5, 0.6) is 0 Å². The maximum absolute atomic E-state index is 6.96. The number of para-hydroxylation sites is 3. The molecule has 0 bridgehead atoms. The van der Waals surface area contributed by atoms with Crippen molar-refractivity contribution in [3.63, 3.8) is 0 Å². The molecule has 5 heterocycles. The topological polar surface area (TPSA) is 25.8 Å². The predicted molar refractivity (Wildman–Crippen MR) is 239 cm³/mol. The number of aryl methyl sites for hydroxylation is 2.